The third-order valence-electron chi connectivity index (χ3n) is 2.53. The van der Waals surface area contributed by atoms with Crippen LogP contribution < -0.4 is 10.5 Å². The molecule has 1 fully saturated rings. The number of rotatable bonds is 2. The summed E-state index contributed by atoms with van der Waals surface area (Å²) in [7, 11) is 0. The van der Waals surface area contributed by atoms with Crippen LogP contribution in [0.3, 0.4) is 0 Å². The fourth-order valence-electron chi connectivity index (χ4n) is 1.72. The molecule has 0 aromatic carbocycles. The van der Waals surface area contributed by atoms with Gasteiger partial charge >= 0.3 is 0 Å². The average molecular weight is 204 g/mol. The molecule has 4 heteroatoms. The van der Waals surface area contributed by atoms with Gasteiger partial charge in [0.25, 0.3) is 0 Å². The number of carbonyl (C=O) groups excluding carboxylic acids is 1. The van der Waals surface area contributed by atoms with E-state index in [0.29, 0.717) is 18.8 Å². The van der Waals surface area contributed by atoms with Crippen molar-refractivity contribution in [3.8, 4) is 0 Å². The lowest BCUT2D eigenvalue weighted by atomic mass is 10.1. The van der Waals surface area contributed by atoms with E-state index in [2.05, 4.69) is 11.6 Å². The minimum absolute atomic E-state index is 0.0294. The summed E-state index contributed by atoms with van der Waals surface area (Å²) in [5.41, 5.74) is -0.192. The average Bonchev–Trinajstić information content (AvgIpc) is 2.60. The van der Waals surface area contributed by atoms with E-state index in [9.17, 15) is 9.59 Å². The first-order chi connectivity index (χ1) is 7.20. The van der Waals surface area contributed by atoms with Gasteiger partial charge in [-0.2, -0.15) is 0 Å². The highest BCUT2D eigenvalue weighted by atomic mass is 16.2. The number of nitrogens with zero attached hydrogens (tertiary/aromatic N) is 1. The van der Waals surface area contributed by atoms with Crippen molar-refractivity contribution in [2.45, 2.75) is 6.42 Å². The van der Waals surface area contributed by atoms with Crippen LogP contribution in [0, 0.1) is 5.92 Å². The highest BCUT2D eigenvalue weighted by Crippen LogP contribution is 2.22. The standard InChI is InChI=1S/C11H12N2O2/c1-2-8-6-11(15)13(7-8)9-4-3-5-10(14)12-9/h2-5,8H,1,6-7H2,(H,12,14). The topological polar surface area (TPSA) is 53.2 Å². The minimum Gasteiger partial charge on any atom is -0.308 e. The quantitative estimate of drug-likeness (QED) is 0.728. The van der Waals surface area contributed by atoms with Crippen LogP contribution in [0.15, 0.2) is 35.6 Å². The summed E-state index contributed by atoms with van der Waals surface area (Å²) in [6.45, 7) is 4.27. The van der Waals surface area contributed by atoms with Gasteiger partial charge in [0.2, 0.25) is 11.5 Å². The molecule has 4 nitrogen and oxygen atoms in total. The summed E-state index contributed by atoms with van der Waals surface area (Å²) >= 11 is 0. The fraction of sp³-hybridized carbons (Fsp3) is 0.273. The Morgan fingerprint density at radius 3 is 2.87 bits per heavy atom. The Morgan fingerprint density at radius 1 is 1.47 bits per heavy atom. The molecule has 0 bridgehead atoms. The Bertz CT molecular complexity index is 450. The molecular weight excluding hydrogens is 192 g/mol. The Morgan fingerprint density at radius 2 is 2.27 bits per heavy atom. The van der Waals surface area contributed by atoms with E-state index < -0.39 is 0 Å². The smallest absolute Gasteiger partial charge is 0.249 e. The Kier molecular flexibility index (Phi) is 2.41. The van der Waals surface area contributed by atoms with E-state index in [0.717, 1.165) is 0 Å². The van der Waals surface area contributed by atoms with Gasteiger partial charge < -0.3 is 4.98 Å². The largest absolute Gasteiger partial charge is 0.308 e. The maximum Gasteiger partial charge on any atom is 0.249 e. The molecule has 2 heterocycles. The number of nitrogens with one attached hydrogen (secondary N) is 1. The Balaban J connectivity index is 2.29. The zero-order valence-electron chi connectivity index (χ0n) is 8.27. The maximum atomic E-state index is 11.6. The van der Waals surface area contributed by atoms with Crippen molar-refractivity contribution in [2.24, 2.45) is 5.92 Å². The summed E-state index contributed by atoms with van der Waals surface area (Å²) in [5, 5.41) is 0. The van der Waals surface area contributed by atoms with Crippen LogP contribution in [-0.2, 0) is 4.79 Å². The number of amides is 1. The molecule has 0 aliphatic carbocycles. The van der Waals surface area contributed by atoms with E-state index in [1.165, 1.54) is 6.07 Å². The highest BCUT2D eigenvalue weighted by Gasteiger charge is 2.28. The third kappa shape index (κ3) is 1.83. The number of hydrogen-bond donors (Lipinski definition) is 1. The molecule has 0 radical (unpaired) electrons. The normalized spacial score (nSPS) is 20.7. The van der Waals surface area contributed by atoms with Crippen molar-refractivity contribution >= 4 is 11.7 Å². The third-order valence-corrected chi connectivity index (χ3v) is 2.53. The van der Waals surface area contributed by atoms with Gasteiger partial charge in [0.15, 0.2) is 0 Å². The van der Waals surface area contributed by atoms with Crippen molar-refractivity contribution in [1.82, 2.24) is 4.98 Å². The van der Waals surface area contributed by atoms with Crippen molar-refractivity contribution in [3.05, 3.63) is 41.2 Å². The number of hydrogen-bond acceptors (Lipinski definition) is 2. The summed E-state index contributed by atoms with van der Waals surface area (Å²) < 4.78 is 0. The van der Waals surface area contributed by atoms with Gasteiger partial charge in [-0.25, -0.2) is 0 Å². The number of aromatic nitrogens is 1. The second-order valence-electron chi connectivity index (χ2n) is 3.60. The predicted octanol–water partition coefficient (Wildman–Crippen LogP) is 0.914. The Labute approximate surface area is 87.2 Å². The molecule has 1 aromatic rings. The van der Waals surface area contributed by atoms with Crippen molar-refractivity contribution < 1.29 is 4.79 Å². The molecule has 1 saturated heterocycles. The Hall–Kier alpha value is -1.84. The molecule has 1 atom stereocenters. The lowest BCUT2D eigenvalue weighted by molar-refractivity contribution is -0.117. The molecule has 1 aliphatic rings. The molecule has 1 unspecified atom stereocenters. The zero-order chi connectivity index (χ0) is 10.8. The van der Waals surface area contributed by atoms with E-state index >= 15 is 0 Å². The van der Waals surface area contributed by atoms with E-state index in [1.807, 2.05) is 0 Å². The molecule has 1 amide bonds. The van der Waals surface area contributed by atoms with Gasteiger partial charge in [0, 0.05) is 24.9 Å². The van der Waals surface area contributed by atoms with Crippen LogP contribution in [0.1, 0.15) is 6.42 Å². The molecule has 1 aliphatic heterocycles. The molecule has 2 rings (SSSR count). The van der Waals surface area contributed by atoms with Gasteiger partial charge in [-0.05, 0) is 6.07 Å². The number of aromatic amines is 1. The number of pyridine rings is 1. The van der Waals surface area contributed by atoms with Gasteiger partial charge in [-0.3, -0.25) is 14.5 Å². The number of anilines is 1. The molecule has 78 valence electrons. The molecule has 0 spiro atoms. The van der Waals surface area contributed by atoms with Crippen LogP contribution in [0.4, 0.5) is 5.82 Å². The van der Waals surface area contributed by atoms with Gasteiger partial charge in [0.05, 0.1) is 0 Å². The van der Waals surface area contributed by atoms with E-state index in [4.69, 9.17) is 0 Å². The van der Waals surface area contributed by atoms with E-state index in [1.54, 1.807) is 23.1 Å². The highest BCUT2D eigenvalue weighted by molar-refractivity contribution is 5.95. The first-order valence-corrected chi connectivity index (χ1v) is 4.83. The monoisotopic (exact) mass is 204 g/mol. The molecular formula is C11H12N2O2. The SMILES string of the molecule is C=CC1CC(=O)N(c2cccc(=O)[nH]2)C1. The number of carbonyl (C=O) groups is 1. The van der Waals surface area contributed by atoms with Crippen LogP contribution in [0.25, 0.3) is 0 Å². The summed E-state index contributed by atoms with van der Waals surface area (Å²) in [6, 6.07) is 4.79. The second-order valence-corrected chi connectivity index (χ2v) is 3.60. The fourth-order valence-corrected chi connectivity index (χ4v) is 1.72. The van der Waals surface area contributed by atoms with Crippen molar-refractivity contribution in [2.75, 3.05) is 11.4 Å². The zero-order valence-corrected chi connectivity index (χ0v) is 8.27. The van der Waals surface area contributed by atoms with Crippen LogP contribution in [0.2, 0.25) is 0 Å². The molecule has 1 N–H and O–H groups in total. The van der Waals surface area contributed by atoms with Crippen LogP contribution >= 0.6 is 0 Å². The molecule has 0 saturated carbocycles. The van der Waals surface area contributed by atoms with Crippen molar-refractivity contribution in [3.63, 3.8) is 0 Å². The first-order valence-electron chi connectivity index (χ1n) is 4.83. The van der Waals surface area contributed by atoms with Crippen LogP contribution in [-0.4, -0.2) is 17.4 Å². The second kappa shape index (κ2) is 3.73. The van der Waals surface area contributed by atoms with Crippen molar-refractivity contribution in [1.29, 1.82) is 0 Å². The first kappa shape index (κ1) is 9.71. The minimum atomic E-state index is -0.192. The molecule has 1 aromatic heterocycles. The lowest BCUT2D eigenvalue weighted by Crippen LogP contribution is -2.27. The van der Waals surface area contributed by atoms with Gasteiger partial charge in [-0.1, -0.05) is 12.1 Å². The summed E-state index contributed by atoms with van der Waals surface area (Å²) in [4.78, 5) is 26.9. The van der Waals surface area contributed by atoms with Gasteiger partial charge in [0.1, 0.15) is 5.82 Å². The van der Waals surface area contributed by atoms with E-state index in [-0.39, 0.29) is 17.4 Å². The summed E-state index contributed by atoms with van der Waals surface area (Å²) in [6.07, 6.45) is 2.25. The summed E-state index contributed by atoms with van der Waals surface area (Å²) in [5.74, 6) is 0.778. The predicted molar refractivity (Wildman–Crippen MR) is 57.7 cm³/mol. The van der Waals surface area contributed by atoms with Crippen LogP contribution in [0.5, 0.6) is 0 Å². The molecule has 15 heavy (non-hydrogen) atoms. The number of H-pyrrole nitrogens is 1. The maximum absolute atomic E-state index is 11.6. The lowest BCUT2D eigenvalue weighted by Gasteiger charge is -2.14. The van der Waals surface area contributed by atoms with Gasteiger partial charge in [-0.15, -0.1) is 6.58 Å².